The van der Waals surface area contributed by atoms with Crippen LogP contribution in [0.3, 0.4) is 0 Å². The fraction of sp³-hybridized carbons (Fsp3) is 0.529. The molecule has 5 nitrogen and oxygen atoms in total. The van der Waals surface area contributed by atoms with E-state index >= 15 is 0 Å². The smallest absolute Gasteiger partial charge is 0.306 e. The first-order chi connectivity index (χ1) is 10.5. The summed E-state index contributed by atoms with van der Waals surface area (Å²) in [5, 5.41) is 8.99. The first-order valence-corrected chi connectivity index (χ1v) is 7.65. The maximum atomic E-state index is 12.3. The molecule has 1 aromatic rings. The lowest BCUT2D eigenvalue weighted by molar-refractivity contribution is -0.145. The van der Waals surface area contributed by atoms with E-state index in [1.807, 2.05) is 31.2 Å². The van der Waals surface area contributed by atoms with Crippen LogP contribution in [0.2, 0.25) is 0 Å². The number of amides is 1. The topological polar surface area (TPSA) is 66.8 Å². The van der Waals surface area contributed by atoms with Gasteiger partial charge in [0.2, 0.25) is 5.91 Å². The highest BCUT2D eigenvalue weighted by Gasteiger charge is 2.27. The summed E-state index contributed by atoms with van der Waals surface area (Å²) in [7, 11) is 1.63. The lowest BCUT2D eigenvalue weighted by Gasteiger charge is -2.31. The van der Waals surface area contributed by atoms with Gasteiger partial charge in [-0.05, 0) is 36.5 Å². The number of ether oxygens (including phenoxy) is 1. The number of nitrogens with zero attached hydrogens (tertiary/aromatic N) is 1. The van der Waals surface area contributed by atoms with Crippen molar-refractivity contribution in [1.82, 2.24) is 4.90 Å². The molecule has 0 bridgehead atoms. The number of carboxylic acids is 1. The Morgan fingerprint density at radius 1 is 1.27 bits per heavy atom. The van der Waals surface area contributed by atoms with Crippen LogP contribution in [0.4, 0.5) is 0 Å². The molecule has 0 spiro atoms. The van der Waals surface area contributed by atoms with Crippen LogP contribution < -0.4 is 4.74 Å². The molecule has 1 aliphatic heterocycles. The summed E-state index contributed by atoms with van der Waals surface area (Å²) < 4.78 is 5.13. The van der Waals surface area contributed by atoms with Gasteiger partial charge in [0.15, 0.2) is 0 Å². The summed E-state index contributed by atoms with van der Waals surface area (Å²) in [6, 6.07) is 7.75. The van der Waals surface area contributed by atoms with E-state index in [0.717, 1.165) is 11.3 Å². The van der Waals surface area contributed by atoms with Crippen LogP contribution in [0.25, 0.3) is 0 Å². The Kier molecular flexibility index (Phi) is 5.41. The molecule has 1 atom stereocenters. The molecule has 1 aromatic carbocycles. The summed E-state index contributed by atoms with van der Waals surface area (Å²) in [4.78, 5) is 25.1. The minimum atomic E-state index is -0.751. The zero-order valence-corrected chi connectivity index (χ0v) is 13.1. The number of rotatable bonds is 5. The van der Waals surface area contributed by atoms with Gasteiger partial charge in [0.25, 0.3) is 0 Å². The average molecular weight is 305 g/mol. The van der Waals surface area contributed by atoms with Gasteiger partial charge in [-0.1, -0.05) is 19.1 Å². The molecular formula is C17H23NO4. The molecule has 120 valence electrons. The Hall–Kier alpha value is -2.04. The standard InChI is InChI=1S/C17H23NO4/c1-12(13-3-5-15(22-2)6-4-13)11-16(19)18-9-7-14(8-10-18)17(20)21/h3-6,12,14H,7-11H2,1-2H3,(H,20,21). The van der Waals surface area contributed by atoms with Crippen molar-refractivity contribution in [3.8, 4) is 5.75 Å². The van der Waals surface area contributed by atoms with Crippen molar-refractivity contribution in [2.24, 2.45) is 5.92 Å². The Labute approximate surface area is 130 Å². The van der Waals surface area contributed by atoms with Crippen molar-refractivity contribution < 1.29 is 19.4 Å². The summed E-state index contributed by atoms with van der Waals surface area (Å²) in [5.74, 6) is -0.0115. The van der Waals surface area contributed by atoms with Crippen LogP contribution in [-0.2, 0) is 9.59 Å². The van der Waals surface area contributed by atoms with Gasteiger partial charge in [0.05, 0.1) is 13.0 Å². The number of likely N-dealkylation sites (tertiary alicyclic amines) is 1. The van der Waals surface area contributed by atoms with Gasteiger partial charge >= 0.3 is 5.97 Å². The lowest BCUT2D eigenvalue weighted by Crippen LogP contribution is -2.40. The average Bonchev–Trinajstić information content (AvgIpc) is 2.54. The monoisotopic (exact) mass is 305 g/mol. The van der Waals surface area contributed by atoms with Crippen molar-refractivity contribution in [3.05, 3.63) is 29.8 Å². The summed E-state index contributed by atoms with van der Waals surface area (Å²) in [6.45, 7) is 3.12. The zero-order valence-electron chi connectivity index (χ0n) is 13.1. The third kappa shape index (κ3) is 4.00. The fourth-order valence-corrected chi connectivity index (χ4v) is 2.82. The Morgan fingerprint density at radius 2 is 1.86 bits per heavy atom. The molecule has 1 unspecified atom stereocenters. The second-order valence-electron chi connectivity index (χ2n) is 5.87. The predicted octanol–water partition coefficient (Wildman–Crippen LogP) is 2.51. The molecular weight excluding hydrogens is 282 g/mol. The normalized spacial score (nSPS) is 17.1. The van der Waals surface area contributed by atoms with Crippen molar-refractivity contribution in [2.45, 2.75) is 32.1 Å². The molecule has 5 heteroatoms. The van der Waals surface area contributed by atoms with Crippen molar-refractivity contribution in [3.63, 3.8) is 0 Å². The molecule has 0 radical (unpaired) electrons. The summed E-state index contributed by atoms with van der Waals surface area (Å²) in [6.07, 6.45) is 1.56. The molecule has 0 saturated carbocycles. The Morgan fingerprint density at radius 3 is 2.36 bits per heavy atom. The molecule has 0 aromatic heterocycles. The molecule has 1 amide bonds. The number of benzene rings is 1. The van der Waals surface area contributed by atoms with Gasteiger partial charge in [-0.25, -0.2) is 0 Å². The van der Waals surface area contributed by atoms with E-state index in [1.165, 1.54) is 0 Å². The number of methoxy groups -OCH3 is 1. The van der Waals surface area contributed by atoms with E-state index in [9.17, 15) is 9.59 Å². The Bertz CT molecular complexity index is 518. The Balaban J connectivity index is 1.87. The SMILES string of the molecule is COc1ccc(C(C)CC(=O)N2CCC(C(=O)O)CC2)cc1. The van der Waals surface area contributed by atoms with Crippen molar-refractivity contribution in [1.29, 1.82) is 0 Å². The molecule has 22 heavy (non-hydrogen) atoms. The third-order valence-corrected chi connectivity index (χ3v) is 4.36. The number of aliphatic carboxylic acids is 1. The molecule has 1 saturated heterocycles. The number of carboxylic acid groups (broad SMARTS) is 1. The van der Waals surface area contributed by atoms with E-state index in [4.69, 9.17) is 9.84 Å². The van der Waals surface area contributed by atoms with E-state index < -0.39 is 5.97 Å². The summed E-state index contributed by atoms with van der Waals surface area (Å²) in [5.41, 5.74) is 1.11. The molecule has 0 aliphatic carbocycles. The highest BCUT2D eigenvalue weighted by Crippen LogP contribution is 2.24. The first kappa shape index (κ1) is 16.3. The van der Waals surface area contributed by atoms with Crippen LogP contribution in [0.15, 0.2) is 24.3 Å². The number of piperidine rings is 1. The maximum Gasteiger partial charge on any atom is 0.306 e. The van der Waals surface area contributed by atoms with Crippen molar-refractivity contribution in [2.75, 3.05) is 20.2 Å². The fourth-order valence-electron chi connectivity index (χ4n) is 2.82. The predicted molar refractivity (Wildman–Crippen MR) is 83.0 cm³/mol. The summed E-state index contributed by atoms with van der Waals surface area (Å²) >= 11 is 0. The highest BCUT2D eigenvalue weighted by molar-refractivity contribution is 5.78. The van der Waals surface area contributed by atoms with Crippen LogP contribution in [0, 0.1) is 5.92 Å². The maximum absolute atomic E-state index is 12.3. The van der Waals surface area contributed by atoms with E-state index in [0.29, 0.717) is 32.4 Å². The van der Waals surface area contributed by atoms with Crippen LogP contribution in [-0.4, -0.2) is 42.1 Å². The quantitative estimate of drug-likeness (QED) is 0.907. The lowest BCUT2D eigenvalue weighted by atomic mass is 9.94. The first-order valence-electron chi connectivity index (χ1n) is 7.65. The van der Waals surface area contributed by atoms with Gasteiger partial charge in [0.1, 0.15) is 5.75 Å². The second kappa shape index (κ2) is 7.29. The second-order valence-corrected chi connectivity index (χ2v) is 5.87. The zero-order chi connectivity index (χ0) is 16.1. The van der Waals surface area contributed by atoms with E-state index in [-0.39, 0.29) is 17.7 Å². The number of carbonyl (C=O) groups is 2. The molecule has 1 N–H and O–H groups in total. The minimum absolute atomic E-state index is 0.104. The molecule has 1 aliphatic rings. The highest BCUT2D eigenvalue weighted by atomic mass is 16.5. The van der Waals surface area contributed by atoms with Gasteiger partial charge in [-0.2, -0.15) is 0 Å². The van der Waals surface area contributed by atoms with Gasteiger partial charge in [-0.3, -0.25) is 9.59 Å². The van der Waals surface area contributed by atoms with Crippen LogP contribution in [0.1, 0.15) is 37.7 Å². The minimum Gasteiger partial charge on any atom is -0.497 e. The van der Waals surface area contributed by atoms with Crippen LogP contribution in [0.5, 0.6) is 5.75 Å². The van der Waals surface area contributed by atoms with Crippen molar-refractivity contribution >= 4 is 11.9 Å². The third-order valence-electron chi connectivity index (χ3n) is 4.36. The largest absolute Gasteiger partial charge is 0.497 e. The van der Waals surface area contributed by atoms with E-state index in [2.05, 4.69) is 0 Å². The van der Waals surface area contributed by atoms with Gasteiger partial charge in [-0.15, -0.1) is 0 Å². The number of carbonyl (C=O) groups excluding carboxylic acids is 1. The number of hydrogen-bond donors (Lipinski definition) is 1. The van der Waals surface area contributed by atoms with E-state index in [1.54, 1.807) is 12.0 Å². The van der Waals surface area contributed by atoms with Gasteiger partial charge < -0.3 is 14.7 Å². The molecule has 2 rings (SSSR count). The van der Waals surface area contributed by atoms with Crippen LogP contribution >= 0.6 is 0 Å². The molecule has 1 fully saturated rings. The number of hydrogen-bond acceptors (Lipinski definition) is 3. The molecule has 1 heterocycles. The van der Waals surface area contributed by atoms with Gasteiger partial charge in [0, 0.05) is 19.5 Å².